The number of carbonyl (C=O) groups excluding carboxylic acids is 1. The quantitative estimate of drug-likeness (QED) is 0.391. The van der Waals surface area contributed by atoms with Gasteiger partial charge in [-0.2, -0.15) is 5.10 Å². The van der Waals surface area contributed by atoms with Gasteiger partial charge in [-0.1, -0.05) is 60.7 Å². The Morgan fingerprint density at radius 3 is 2.29 bits per heavy atom. The van der Waals surface area contributed by atoms with Crippen molar-refractivity contribution in [1.82, 2.24) is 14.6 Å². The van der Waals surface area contributed by atoms with E-state index in [4.69, 9.17) is 9.72 Å². The highest BCUT2D eigenvalue weighted by molar-refractivity contribution is 5.89. The zero-order valence-electron chi connectivity index (χ0n) is 15.7. The first kappa shape index (κ1) is 17.7. The van der Waals surface area contributed by atoms with E-state index < -0.39 is 5.97 Å². The van der Waals surface area contributed by atoms with E-state index in [1.807, 2.05) is 78.2 Å². The molecule has 0 unspecified atom stereocenters. The van der Waals surface area contributed by atoms with E-state index in [0.717, 1.165) is 33.8 Å². The molecule has 4 rings (SSSR count). The minimum Gasteiger partial charge on any atom is -0.466 e. The smallest absolute Gasteiger partial charge is 0.330 e. The molecule has 4 aromatic rings. The summed E-state index contributed by atoms with van der Waals surface area (Å²) >= 11 is 0. The molecule has 0 spiro atoms. The van der Waals surface area contributed by atoms with Gasteiger partial charge in [0.2, 0.25) is 0 Å². The second kappa shape index (κ2) is 7.48. The maximum Gasteiger partial charge on any atom is 0.330 e. The van der Waals surface area contributed by atoms with E-state index in [-0.39, 0.29) is 0 Å². The van der Waals surface area contributed by atoms with Crippen molar-refractivity contribution < 1.29 is 9.53 Å². The molecule has 0 aliphatic rings. The summed E-state index contributed by atoms with van der Waals surface area (Å²) in [6, 6.07) is 22.1. The Kier molecular flexibility index (Phi) is 4.72. The van der Waals surface area contributed by atoms with Crippen molar-refractivity contribution in [3.8, 4) is 22.5 Å². The van der Waals surface area contributed by atoms with Crippen LogP contribution >= 0.6 is 0 Å². The normalized spacial score (nSPS) is 11.2. The van der Waals surface area contributed by atoms with Gasteiger partial charge in [0.1, 0.15) is 0 Å². The molecular weight excluding hydrogens is 350 g/mol. The summed E-state index contributed by atoms with van der Waals surface area (Å²) in [5.41, 5.74) is 6.11. The van der Waals surface area contributed by atoms with E-state index in [9.17, 15) is 4.79 Å². The van der Waals surface area contributed by atoms with E-state index in [2.05, 4.69) is 5.10 Å². The van der Waals surface area contributed by atoms with Crippen LogP contribution in [-0.4, -0.2) is 27.7 Å². The molecule has 0 atom stereocenters. The minimum atomic E-state index is -0.416. The molecule has 2 aromatic heterocycles. The number of esters is 1. The van der Waals surface area contributed by atoms with Crippen LogP contribution in [0.15, 0.2) is 72.8 Å². The van der Waals surface area contributed by atoms with Crippen molar-refractivity contribution in [2.24, 2.45) is 0 Å². The standard InChI is InChI=1S/C23H19N3O2/c1-16-19(13-14-22(27)28-2)23-24-20(17-9-5-3-6-10-17)15-21(26(23)25-16)18-11-7-4-8-12-18/h3-15H,1-2H3/b14-13+. The molecule has 0 amide bonds. The van der Waals surface area contributed by atoms with E-state index in [0.29, 0.717) is 5.65 Å². The van der Waals surface area contributed by atoms with Crippen molar-refractivity contribution in [2.45, 2.75) is 6.92 Å². The van der Waals surface area contributed by atoms with Gasteiger partial charge in [0.05, 0.1) is 24.2 Å². The van der Waals surface area contributed by atoms with E-state index in [1.165, 1.54) is 13.2 Å². The summed E-state index contributed by atoms with van der Waals surface area (Å²) in [6.45, 7) is 1.91. The number of nitrogens with zero attached hydrogens (tertiary/aromatic N) is 3. The summed E-state index contributed by atoms with van der Waals surface area (Å²) in [5, 5.41) is 4.68. The van der Waals surface area contributed by atoms with Crippen LogP contribution in [-0.2, 0) is 9.53 Å². The second-order valence-corrected chi connectivity index (χ2v) is 6.35. The number of aromatic nitrogens is 3. The Morgan fingerprint density at radius 1 is 1.00 bits per heavy atom. The average Bonchev–Trinajstić information content (AvgIpc) is 3.07. The van der Waals surface area contributed by atoms with Crippen LogP contribution in [0, 0.1) is 6.92 Å². The van der Waals surface area contributed by atoms with Gasteiger partial charge in [0.15, 0.2) is 5.65 Å². The zero-order chi connectivity index (χ0) is 19.5. The molecule has 0 saturated carbocycles. The van der Waals surface area contributed by atoms with E-state index in [1.54, 1.807) is 6.08 Å². The molecule has 0 N–H and O–H groups in total. The lowest BCUT2D eigenvalue weighted by Gasteiger charge is -2.09. The number of aryl methyl sites for hydroxylation is 1. The predicted molar refractivity (Wildman–Crippen MR) is 110 cm³/mol. The highest BCUT2D eigenvalue weighted by atomic mass is 16.5. The van der Waals surface area contributed by atoms with Crippen LogP contribution in [0.2, 0.25) is 0 Å². The summed E-state index contributed by atoms with van der Waals surface area (Å²) in [6.07, 6.45) is 3.10. The third-order valence-electron chi connectivity index (χ3n) is 4.54. The van der Waals surface area contributed by atoms with E-state index >= 15 is 0 Å². The van der Waals surface area contributed by atoms with Gasteiger partial charge in [-0.15, -0.1) is 0 Å². The Labute approximate surface area is 162 Å². The van der Waals surface area contributed by atoms with Crippen LogP contribution < -0.4 is 0 Å². The first-order valence-corrected chi connectivity index (χ1v) is 8.94. The minimum absolute atomic E-state index is 0.416. The van der Waals surface area contributed by atoms with Crippen LogP contribution in [0.4, 0.5) is 0 Å². The molecule has 0 saturated heterocycles. The molecule has 0 radical (unpaired) electrons. The molecule has 2 aromatic carbocycles. The van der Waals surface area contributed by atoms with Gasteiger partial charge in [-0.05, 0) is 19.1 Å². The molecule has 0 bridgehead atoms. The topological polar surface area (TPSA) is 56.5 Å². The fraction of sp³-hybridized carbons (Fsp3) is 0.0870. The van der Waals surface area contributed by atoms with Gasteiger partial charge in [-0.3, -0.25) is 0 Å². The number of fused-ring (bicyclic) bond motifs is 1. The van der Waals surface area contributed by atoms with Crippen molar-refractivity contribution >= 4 is 17.7 Å². The zero-order valence-corrected chi connectivity index (χ0v) is 15.7. The van der Waals surface area contributed by atoms with Crippen molar-refractivity contribution in [1.29, 1.82) is 0 Å². The molecule has 0 aliphatic heterocycles. The molecule has 2 heterocycles. The van der Waals surface area contributed by atoms with Gasteiger partial charge >= 0.3 is 5.97 Å². The molecular formula is C23H19N3O2. The molecule has 28 heavy (non-hydrogen) atoms. The number of ether oxygens (including phenoxy) is 1. The lowest BCUT2D eigenvalue weighted by molar-refractivity contribution is -0.134. The third kappa shape index (κ3) is 3.30. The number of hydrogen-bond donors (Lipinski definition) is 0. The number of benzene rings is 2. The summed E-state index contributed by atoms with van der Waals surface area (Å²) in [7, 11) is 1.36. The van der Waals surface area contributed by atoms with Gasteiger partial charge < -0.3 is 4.74 Å². The molecule has 5 heteroatoms. The summed E-state index contributed by atoms with van der Waals surface area (Å²) in [4.78, 5) is 16.4. The number of rotatable bonds is 4. The fourth-order valence-electron chi connectivity index (χ4n) is 3.13. The van der Waals surface area contributed by atoms with Crippen molar-refractivity contribution in [3.05, 3.63) is 84.1 Å². The number of methoxy groups -OCH3 is 1. The average molecular weight is 369 g/mol. The summed E-state index contributed by atoms with van der Waals surface area (Å²) in [5.74, 6) is -0.416. The first-order chi connectivity index (χ1) is 13.7. The van der Waals surface area contributed by atoms with Crippen LogP contribution in [0.1, 0.15) is 11.3 Å². The van der Waals surface area contributed by atoms with Crippen molar-refractivity contribution in [2.75, 3.05) is 7.11 Å². The Balaban J connectivity index is 2.00. The molecule has 0 aliphatic carbocycles. The third-order valence-corrected chi connectivity index (χ3v) is 4.54. The lowest BCUT2D eigenvalue weighted by Crippen LogP contribution is -1.99. The monoisotopic (exact) mass is 369 g/mol. The Hall–Kier alpha value is -3.73. The van der Waals surface area contributed by atoms with Gasteiger partial charge in [0, 0.05) is 22.8 Å². The maximum atomic E-state index is 11.6. The fourth-order valence-corrected chi connectivity index (χ4v) is 3.13. The van der Waals surface area contributed by atoms with Crippen LogP contribution in [0.5, 0.6) is 0 Å². The highest BCUT2D eigenvalue weighted by Crippen LogP contribution is 2.28. The molecule has 5 nitrogen and oxygen atoms in total. The second-order valence-electron chi connectivity index (χ2n) is 6.35. The molecule has 138 valence electrons. The first-order valence-electron chi connectivity index (χ1n) is 8.94. The maximum absolute atomic E-state index is 11.6. The van der Waals surface area contributed by atoms with Gasteiger partial charge in [0.25, 0.3) is 0 Å². The Bertz CT molecular complexity index is 1160. The van der Waals surface area contributed by atoms with Crippen molar-refractivity contribution in [3.63, 3.8) is 0 Å². The number of hydrogen-bond acceptors (Lipinski definition) is 4. The number of carbonyl (C=O) groups is 1. The lowest BCUT2D eigenvalue weighted by atomic mass is 10.1. The SMILES string of the molecule is COC(=O)/C=C/c1c(C)nn2c(-c3ccccc3)cc(-c3ccccc3)nc12. The summed E-state index contributed by atoms with van der Waals surface area (Å²) < 4.78 is 6.54. The van der Waals surface area contributed by atoms with Crippen LogP contribution in [0.3, 0.4) is 0 Å². The molecule has 0 fully saturated rings. The Morgan fingerprint density at radius 2 is 1.64 bits per heavy atom. The largest absolute Gasteiger partial charge is 0.466 e. The predicted octanol–water partition coefficient (Wildman–Crippen LogP) is 4.56. The highest BCUT2D eigenvalue weighted by Gasteiger charge is 2.15. The van der Waals surface area contributed by atoms with Crippen LogP contribution in [0.25, 0.3) is 34.2 Å². The van der Waals surface area contributed by atoms with Gasteiger partial charge in [-0.25, -0.2) is 14.3 Å².